The molecular formula is C40H32N10O6. The normalized spacial score (nSPS) is 11.8. The van der Waals surface area contributed by atoms with Crippen molar-refractivity contribution in [1.29, 1.82) is 0 Å². The topological polar surface area (TPSA) is 203 Å². The minimum absolute atomic E-state index is 0.0327. The minimum atomic E-state index is -0.471. The first-order valence-corrected chi connectivity index (χ1v) is 16.8. The second kappa shape index (κ2) is 18.1. The molecule has 16 nitrogen and oxygen atoms in total. The van der Waals surface area contributed by atoms with Crippen molar-refractivity contribution in [2.75, 3.05) is 25.1 Å². The SMILES string of the molecule is COc1cc(N=N/C(=N\Nc2ccc([N+](=O)[O-])cc2)c2ccccc2)ccc1-c1ccc(N=N/C(=N\Nc2ccc([N+](=O)[O-])cc2)c2ccccc2)cc1OC. The highest BCUT2D eigenvalue weighted by atomic mass is 16.6. The van der Waals surface area contributed by atoms with Crippen LogP contribution in [-0.4, -0.2) is 35.7 Å². The van der Waals surface area contributed by atoms with Crippen molar-refractivity contribution in [3.05, 3.63) is 177 Å². The van der Waals surface area contributed by atoms with E-state index < -0.39 is 9.85 Å². The molecule has 0 heterocycles. The number of ether oxygens (including phenoxy) is 2. The predicted molar refractivity (Wildman–Crippen MR) is 213 cm³/mol. The van der Waals surface area contributed by atoms with Crippen molar-refractivity contribution in [2.24, 2.45) is 30.7 Å². The lowest BCUT2D eigenvalue weighted by Gasteiger charge is -2.13. The fourth-order valence-corrected chi connectivity index (χ4v) is 5.15. The van der Waals surface area contributed by atoms with Gasteiger partial charge in [0.1, 0.15) is 11.5 Å². The molecular weight excluding hydrogens is 717 g/mol. The van der Waals surface area contributed by atoms with Crippen molar-refractivity contribution < 1.29 is 19.3 Å². The fourth-order valence-electron chi connectivity index (χ4n) is 5.15. The second-order valence-electron chi connectivity index (χ2n) is 11.6. The molecule has 0 atom stereocenters. The van der Waals surface area contributed by atoms with Crippen LogP contribution in [0.3, 0.4) is 0 Å². The van der Waals surface area contributed by atoms with Gasteiger partial charge < -0.3 is 9.47 Å². The molecule has 56 heavy (non-hydrogen) atoms. The highest BCUT2D eigenvalue weighted by Crippen LogP contribution is 2.40. The van der Waals surface area contributed by atoms with E-state index in [1.807, 2.05) is 72.8 Å². The lowest BCUT2D eigenvalue weighted by atomic mass is 10.0. The summed E-state index contributed by atoms with van der Waals surface area (Å²) in [6.45, 7) is 0. The highest BCUT2D eigenvalue weighted by Gasteiger charge is 2.14. The van der Waals surface area contributed by atoms with Crippen LogP contribution in [0.25, 0.3) is 11.1 Å². The molecule has 6 aromatic rings. The zero-order chi connectivity index (χ0) is 39.3. The molecule has 0 saturated carbocycles. The Morgan fingerprint density at radius 1 is 0.518 bits per heavy atom. The van der Waals surface area contributed by atoms with Crippen LogP contribution in [0, 0.1) is 20.2 Å². The largest absolute Gasteiger partial charge is 0.496 e. The van der Waals surface area contributed by atoms with E-state index in [0.717, 1.165) is 11.1 Å². The summed E-state index contributed by atoms with van der Waals surface area (Å²) in [6, 6.07) is 40.9. The number of benzene rings is 6. The Morgan fingerprint density at radius 2 is 0.893 bits per heavy atom. The molecule has 16 heteroatoms. The lowest BCUT2D eigenvalue weighted by molar-refractivity contribution is -0.385. The number of anilines is 2. The minimum Gasteiger partial charge on any atom is -0.496 e. The van der Waals surface area contributed by atoms with Gasteiger partial charge >= 0.3 is 0 Å². The molecule has 6 aromatic carbocycles. The van der Waals surface area contributed by atoms with Gasteiger partial charge in [-0.2, -0.15) is 10.2 Å². The molecule has 6 rings (SSSR count). The molecule has 2 N–H and O–H groups in total. The molecule has 0 aliphatic rings. The first-order valence-electron chi connectivity index (χ1n) is 16.8. The maximum Gasteiger partial charge on any atom is 0.269 e. The molecule has 0 saturated heterocycles. The van der Waals surface area contributed by atoms with E-state index in [9.17, 15) is 20.2 Å². The number of hydrazone groups is 2. The smallest absolute Gasteiger partial charge is 0.269 e. The highest BCUT2D eigenvalue weighted by molar-refractivity contribution is 6.00. The van der Waals surface area contributed by atoms with Crippen LogP contribution < -0.4 is 20.3 Å². The monoisotopic (exact) mass is 748 g/mol. The van der Waals surface area contributed by atoms with Gasteiger partial charge in [-0.05, 0) is 48.5 Å². The summed E-state index contributed by atoms with van der Waals surface area (Å²) in [7, 11) is 3.10. The van der Waals surface area contributed by atoms with E-state index in [-0.39, 0.29) is 23.0 Å². The Labute approximate surface area is 319 Å². The van der Waals surface area contributed by atoms with Gasteiger partial charge in [-0.3, -0.25) is 31.1 Å². The molecule has 0 unspecified atom stereocenters. The molecule has 0 amide bonds. The number of methoxy groups -OCH3 is 2. The molecule has 0 aliphatic carbocycles. The Bertz CT molecular complexity index is 2270. The zero-order valence-electron chi connectivity index (χ0n) is 29.9. The van der Waals surface area contributed by atoms with Crippen LogP contribution >= 0.6 is 0 Å². The van der Waals surface area contributed by atoms with Crippen LogP contribution in [-0.2, 0) is 0 Å². The van der Waals surface area contributed by atoms with Crippen molar-refractivity contribution in [2.45, 2.75) is 0 Å². The van der Waals surface area contributed by atoms with E-state index >= 15 is 0 Å². The van der Waals surface area contributed by atoms with Crippen LogP contribution in [0.1, 0.15) is 11.1 Å². The molecule has 0 bridgehead atoms. The Kier molecular flexibility index (Phi) is 12.1. The van der Waals surface area contributed by atoms with E-state index in [2.05, 4.69) is 41.5 Å². The maximum atomic E-state index is 11.0. The van der Waals surface area contributed by atoms with E-state index in [4.69, 9.17) is 9.47 Å². The number of nitro benzene ring substituents is 2. The number of rotatable bonds is 13. The third-order valence-corrected chi connectivity index (χ3v) is 7.98. The number of hydrogen-bond acceptors (Lipinski definition) is 12. The molecule has 278 valence electrons. The van der Waals surface area contributed by atoms with Gasteiger partial charge in [0, 0.05) is 58.7 Å². The number of azo groups is 2. The summed E-state index contributed by atoms with van der Waals surface area (Å²) in [5.41, 5.74) is 10.6. The lowest BCUT2D eigenvalue weighted by Crippen LogP contribution is -2.01. The number of nitrogens with one attached hydrogen (secondary N) is 2. The average molecular weight is 749 g/mol. The Hall–Kier alpha value is -8.14. The number of amidine groups is 2. The van der Waals surface area contributed by atoms with Crippen LogP contribution in [0.4, 0.5) is 34.1 Å². The van der Waals surface area contributed by atoms with Crippen molar-refractivity contribution >= 4 is 45.8 Å². The van der Waals surface area contributed by atoms with Gasteiger partial charge in [-0.25, -0.2) is 0 Å². The standard InChI is InChI=1S/C40H32N10O6/c1-55-37-25-31(43-47-39(27-9-5-3-6-10-27)45-41-29-13-19-33(20-14-29)49(51)52)17-23-35(37)36-24-18-32(26-38(36)56-2)44-48-40(28-11-7-4-8-12-28)46-42-30-15-21-34(22-16-30)50(53)54/h3-26,41-42H,1-2H3/b45-39-,46-40-,47-43?,48-44?. The second-order valence-corrected chi connectivity index (χ2v) is 11.6. The van der Waals surface area contributed by atoms with Gasteiger partial charge in [0.05, 0.1) is 46.8 Å². The summed E-state index contributed by atoms with van der Waals surface area (Å²) in [6.07, 6.45) is 0. The van der Waals surface area contributed by atoms with Crippen molar-refractivity contribution in [3.63, 3.8) is 0 Å². The van der Waals surface area contributed by atoms with E-state index in [1.165, 1.54) is 24.3 Å². The van der Waals surface area contributed by atoms with Crippen LogP contribution in [0.5, 0.6) is 11.5 Å². The number of nitrogens with zero attached hydrogens (tertiary/aromatic N) is 8. The van der Waals surface area contributed by atoms with Gasteiger partial charge in [-0.15, -0.1) is 20.5 Å². The number of hydrogen-bond donors (Lipinski definition) is 2. The van der Waals surface area contributed by atoms with E-state index in [0.29, 0.717) is 45.4 Å². The Balaban J connectivity index is 1.23. The average Bonchev–Trinajstić information content (AvgIpc) is 3.24. The van der Waals surface area contributed by atoms with Crippen LogP contribution in [0.15, 0.2) is 176 Å². The third-order valence-electron chi connectivity index (χ3n) is 7.98. The van der Waals surface area contributed by atoms with E-state index in [1.54, 1.807) is 62.8 Å². The Morgan fingerprint density at radius 3 is 1.23 bits per heavy atom. The molecule has 0 aliphatic heterocycles. The van der Waals surface area contributed by atoms with Gasteiger partial charge in [0.2, 0.25) is 11.7 Å². The van der Waals surface area contributed by atoms with Gasteiger partial charge in [0.15, 0.2) is 0 Å². The molecule has 0 aromatic heterocycles. The van der Waals surface area contributed by atoms with Crippen molar-refractivity contribution in [1.82, 2.24) is 0 Å². The summed E-state index contributed by atoms with van der Waals surface area (Å²) in [4.78, 5) is 21.1. The van der Waals surface area contributed by atoms with Gasteiger partial charge in [-0.1, -0.05) is 60.7 Å². The first kappa shape index (κ1) is 37.6. The predicted octanol–water partition coefficient (Wildman–Crippen LogP) is 10.3. The maximum absolute atomic E-state index is 11.0. The fraction of sp³-hybridized carbons (Fsp3) is 0.0500. The summed E-state index contributed by atoms with van der Waals surface area (Å²) in [5.74, 6) is 1.57. The van der Waals surface area contributed by atoms with Crippen LogP contribution in [0.2, 0.25) is 0 Å². The summed E-state index contributed by atoms with van der Waals surface area (Å²) >= 11 is 0. The molecule has 0 radical (unpaired) electrons. The number of non-ortho nitro benzene ring substituents is 2. The zero-order valence-corrected chi connectivity index (χ0v) is 29.9. The van der Waals surface area contributed by atoms with Crippen molar-refractivity contribution in [3.8, 4) is 22.6 Å². The number of nitro groups is 2. The molecule has 0 fully saturated rings. The third kappa shape index (κ3) is 9.64. The molecule has 0 spiro atoms. The van der Waals surface area contributed by atoms with Gasteiger partial charge in [0.25, 0.3) is 11.4 Å². The first-order chi connectivity index (χ1) is 27.3. The summed E-state index contributed by atoms with van der Waals surface area (Å²) in [5, 5.41) is 48.5. The quantitative estimate of drug-likeness (QED) is 0.0381. The summed E-state index contributed by atoms with van der Waals surface area (Å²) < 4.78 is 11.5.